The Morgan fingerprint density at radius 3 is 2.79 bits per heavy atom. The monoisotopic (exact) mass is 494 g/mol. The lowest BCUT2D eigenvalue weighted by Gasteiger charge is -2.10. The predicted octanol–water partition coefficient (Wildman–Crippen LogP) is 5.33. The molecule has 2 aromatic carbocycles. The Morgan fingerprint density at radius 2 is 2.07 bits per heavy atom. The summed E-state index contributed by atoms with van der Waals surface area (Å²) in [7, 11) is 0. The van der Waals surface area contributed by atoms with Gasteiger partial charge in [0.25, 0.3) is 0 Å². The van der Waals surface area contributed by atoms with Crippen LogP contribution in [0.4, 0.5) is 5.69 Å². The molecule has 0 aliphatic heterocycles. The molecule has 0 saturated heterocycles. The zero-order valence-corrected chi connectivity index (χ0v) is 19.1. The van der Waals surface area contributed by atoms with Gasteiger partial charge in [-0.15, -0.1) is 10.2 Å². The van der Waals surface area contributed by atoms with Crippen LogP contribution in [-0.2, 0) is 17.9 Å². The number of carbonyl (C=O) groups excluding carboxylic acids is 1. The van der Waals surface area contributed by atoms with Gasteiger partial charge in [-0.25, -0.2) is 0 Å². The number of nitrogens with zero attached hydrogens (tertiary/aromatic N) is 3. The summed E-state index contributed by atoms with van der Waals surface area (Å²) in [5.74, 6) is 1.41. The number of amides is 1. The maximum absolute atomic E-state index is 12.3. The number of halogens is 2. The number of hydrogen-bond donors (Lipinski definition) is 1. The molecule has 0 radical (unpaired) electrons. The molecule has 0 spiro atoms. The van der Waals surface area contributed by atoms with Crippen molar-refractivity contribution in [2.75, 3.05) is 11.1 Å². The molecule has 0 unspecified atom stereocenters. The summed E-state index contributed by atoms with van der Waals surface area (Å²) in [6.45, 7) is 4.89. The third kappa shape index (κ3) is 5.74. The van der Waals surface area contributed by atoms with Crippen LogP contribution in [0.1, 0.15) is 18.3 Å². The highest BCUT2D eigenvalue weighted by Gasteiger charge is 2.14. The summed E-state index contributed by atoms with van der Waals surface area (Å²) in [6, 6.07) is 13.0. The zero-order valence-electron chi connectivity index (χ0n) is 16.0. The molecule has 1 amide bonds. The second-order valence-electron chi connectivity index (χ2n) is 6.16. The van der Waals surface area contributed by atoms with Crippen LogP contribution < -0.4 is 10.1 Å². The first-order chi connectivity index (χ1) is 14.0. The lowest BCUT2D eigenvalue weighted by atomic mass is 10.2. The third-order valence-corrected chi connectivity index (χ3v) is 6.25. The van der Waals surface area contributed by atoms with Gasteiger partial charge in [0.1, 0.15) is 12.4 Å². The second kappa shape index (κ2) is 10.1. The minimum atomic E-state index is -0.101. The summed E-state index contributed by atoms with van der Waals surface area (Å²) in [5, 5.41) is 12.5. The molecule has 0 bridgehead atoms. The van der Waals surface area contributed by atoms with Gasteiger partial charge in [0.2, 0.25) is 5.91 Å². The summed E-state index contributed by atoms with van der Waals surface area (Å²) in [6.07, 6.45) is 0. The van der Waals surface area contributed by atoms with Crippen molar-refractivity contribution in [1.29, 1.82) is 0 Å². The SMILES string of the molecule is CCn1c(COc2ccccc2Cl)nnc1SCC(=O)Nc1ccc(Br)c(C)c1. The lowest BCUT2D eigenvalue weighted by molar-refractivity contribution is -0.113. The number of para-hydroxylation sites is 1. The minimum Gasteiger partial charge on any atom is -0.484 e. The van der Waals surface area contributed by atoms with E-state index in [1.807, 2.05) is 48.7 Å². The Morgan fingerprint density at radius 1 is 1.28 bits per heavy atom. The van der Waals surface area contributed by atoms with E-state index in [9.17, 15) is 4.79 Å². The molecule has 0 fully saturated rings. The number of nitrogens with one attached hydrogen (secondary N) is 1. The molecule has 9 heteroatoms. The third-order valence-electron chi connectivity index (χ3n) is 4.08. The summed E-state index contributed by atoms with van der Waals surface area (Å²) in [4.78, 5) is 12.3. The summed E-state index contributed by atoms with van der Waals surface area (Å²) < 4.78 is 8.69. The number of carbonyl (C=O) groups is 1. The van der Waals surface area contributed by atoms with Gasteiger partial charge in [0, 0.05) is 16.7 Å². The minimum absolute atomic E-state index is 0.101. The highest BCUT2D eigenvalue weighted by Crippen LogP contribution is 2.25. The fourth-order valence-corrected chi connectivity index (χ4v) is 3.86. The van der Waals surface area contributed by atoms with E-state index in [1.165, 1.54) is 11.8 Å². The quantitative estimate of drug-likeness (QED) is 0.428. The first-order valence-corrected chi connectivity index (χ1v) is 11.1. The van der Waals surface area contributed by atoms with Crippen LogP contribution in [0.15, 0.2) is 52.1 Å². The highest BCUT2D eigenvalue weighted by molar-refractivity contribution is 9.10. The van der Waals surface area contributed by atoms with E-state index in [0.717, 1.165) is 15.7 Å². The topological polar surface area (TPSA) is 69.0 Å². The van der Waals surface area contributed by atoms with Gasteiger partial charge in [-0.3, -0.25) is 4.79 Å². The van der Waals surface area contributed by atoms with E-state index in [4.69, 9.17) is 16.3 Å². The number of rotatable bonds is 8. The first-order valence-electron chi connectivity index (χ1n) is 8.96. The van der Waals surface area contributed by atoms with Crippen molar-refractivity contribution in [1.82, 2.24) is 14.8 Å². The Kier molecular flexibility index (Phi) is 7.57. The molecule has 1 N–H and O–H groups in total. The molecule has 0 aliphatic rings. The van der Waals surface area contributed by atoms with Crippen molar-refractivity contribution in [3.63, 3.8) is 0 Å². The number of hydrogen-bond acceptors (Lipinski definition) is 5. The van der Waals surface area contributed by atoms with Crippen molar-refractivity contribution < 1.29 is 9.53 Å². The molecule has 0 aliphatic carbocycles. The second-order valence-corrected chi connectivity index (χ2v) is 8.37. The summed E-state index contributed by atoms with van der Waals surface area (Å²) in [5.41, 5.74) is 1.83. The number of thioether (sulfide) groups is 1. The molecule has 0 atom stereocenters. The Bertz CT molecular complexity index is 1010. The first kappa shape index (κ1) is 21.7. The number of aromatic nitrogens is 3. The number of anilines is 1. The van der Waals surface area contributed by atoms with Crippen LogP contribution in [-0.4, -0.2) is 26.4 Å². The maximum Gasteiger partial charge on any atom is 0.234 e. The van der Waals surface area contributed by atoms with Crippen molar-refractivity contribution >= 4 is 50.9 Å². The molecule has 6 nitrogen and oxygen atoms in total. The zero-order chi connectivity index (χ0) is 20.8. The predicted molar refractivity (Wildman–Crippen MR) is 120 cm³/mol. The summed E-state index contributed by atoms with van der Waals surface area (Å²) >= 11 is 10.9. The van der Waals surface area contributed by atoms with E-state index in [2.05, 4.69) is 31.4 Å². The van der Waals surface area contributed by atoms with Crippen LogP contribution in [0, 0.1) is 6.92 Å². The van der Waals surface area contributed by atoms with E-state index < -0.39 is 0 Å². The van der Waals surface area contributed by atoms with Crippen molar-refractivity contribution in [3.8, 4) is 5.75 Å². The van der Waals surface area contributed by atoms with Gasteiger partial charge >= 0.3 is 0 Å². The molecule has 29 heavy (non-hydrogen) atoms. The highest BCUT2D eigenvalue weighted by atomic mass is 79.9. The fourth-order valence-electron chi connectivity index (χ4n) is 2.60. The van der Waals surface area contributed by atoms with Gasteiger partial charge in [0.05, 0.1) is 10.8 Å². The Hall–Kier alpha value is -2.03. The Balaban J connectivity index is 1.59. The van der Waals surface area contributed by atoms with Crippen LogP contribution in [0.5, 0.6) is 5.75 Å². The molecular weight excluding hydrogens is 476 g/mol. The number of aryl methyl sites for hydroxylation is 1. The molecular formula is C20H20BrClN4O2S. The van der Waals surface area contributed by atoms with Crippen molar-refractivity contribution in [2.24, 2.45) is 0 Å². The standard InChI is InChI=1S/C20H20BrClN4O2S/c1-3-26-18(11-28-17-7-5-4-6-16(17)22)24-25-20(26)29-12-19(27)23-14-8-9-15(21)13(2)10-14/h4-10H,3,11-12H2,1-2H3,(H,23,27). The average molecular weight is 496 g/mol. The normalized spacial score (nSPS) is 10.8. The van der Waals surface area contributed by atoms with Gasteiger partial charge in [-0.2, -0.15) is 0 Å². The van der Waals surface area contributed by atoms with Crippen molar-refractivity contribution in [3.05, 3.63) is 63.3 Å². The van der Waals surface area contributed by atoms with Gasteiger partial charge in [-0.1, -0.05) is 51.4 Å². The molecule has 152 valence electrons. The van der Waals surface area contributed by atoms with Gasteiger partial charge in [-0.05, 0) is 49.7 Å². The van der Waals surface area contributed by atoms with E-state index in [1.54, 1.807) is 12.1 Å². The fraction of sp³-hybridized carbons (Fsp3) is 0.250. The smallest absolute Gasteiger partial charge is 0.234 e. The average Bonchev–Trinajstić information content (AvgIpc) is 3.10. The molecule has 3 aromatic rings. The molecule has 1 heterocycles. The van der Waals surface area contributed by atoms with Crippen molar-refractivity contribution in [2.45, 2.75) is 32.2 Å². The molecule has 1 aromatic heterocycles. The van der Waals surface area contributed by atoms with E-state index in [-0.39, 0.29) is 18.3 Å². The molecule has 0 saturated carbocycles. The molecule has 3 rings (SSSR count). The van der Waals surface area contributed by atoms with Crippen LogP contribution in [0.3, 0.4) is 0 Å². The van der Waals surface area contributed by atoms with Crippen LogP contribution in [0.2, 0.25) is 5.02 Å². The van der Waals surface area contributed by atoms with E-state index >= 15 is 0 Å². The Labute approximate surface area is 187 Å². The number of benzene rings is 2. The lowest BCUT2D eigenvalue weighted by Crippen LogP contribution is -2.15. The largest absolute Gasteiger partial charge is 0.484 e. The maximum atomic E-state index is 12.3. The van der Waals surface area contributed by atoms with Gasteiger partial charge in [0.15, 0.2) is 11.0 Å². The van der Waals surface area contributed by atoms with Crippen LogP contribution >= 0.6 is 39.3 Å². The number of ether oxygens (including phenoxy) is 1. The van der Waals surface area contributed by atoms with Gasteiger partial charge < -0.3 is 14.6 Å². The van der Waals surface area contributed by atoms with E-state index in [0.29, 0.717) is 28.3 Å². The van der Waals surface area contributed by atoms with Crippen LogP contribution in [0.25, 0.3) is 0 Å².